The Balaban J connectivity index is 1.12. The predicted octanol–water partition coefficient (Wildman–Crippen LogP) is 12.4. The molecule has 0 atom stereocenters. The molecular formula is C46H48N2OS5. The van der Waals surface area contributed by atoms with E-state index < -0.39 is 0 Å². The first-order chi connectivity index (χ1) is 26.2. The van der Waals surface area contributed by atoms with Crippen molar-refractivity contribution in [1.29, 1.82) is 0 Å². The molecule has 0 aromatic heterocycles. The molecule has 3 spiro atoms. The molecule has 54 heavy (non-hydrogen) atoms. The summed E-state index contributed by atoms with van der Waals surface area (Å²) in [5.41, 5.74) is 14.8. The fraction of sp³-hybridized carbons (Fsp3) is 0.478. The third-order valence-corrected chi connectivity index (χ3v) is 17.9. The minimum atomic E-state index is -0.0489. The Morgan fingerprint density at radius 1 is 0.574 bits per heavy atom. The standard InChI is InChI=1S/C46H48N2OS5/c1-3-47-40(49)38(53-42(47)51)24-30-20-28-22-36-32(26-34(28)44(30)14-8-5-9-15-44)33-27-35-29(23-37(33)46(36)18-12-7-13-19-46)21-31(45(35)16-10-6-11-17-45)25-39-41(50)48(4-2)43(52)54-39/h20-27H,3-19H2,1-2H3/b38-24-,39-25-. The molecule has 2 saturated heterocycles. The molecule has 3 nitrogen and oxygen atoms in total. The summed E-state index contributed by atoms with van der Waals surface area (Å²) >= 11 is 20.6. The van der Waals surface area contributed by atoms with Crippen LogP contribution in [0.15, 0.2) is 57.4 Å². The van der Waals surface area contributed by atoms with E-state index in [0.29, 0.717) is 10.9 Å². The van der Waals surface area contributed by atoms with Crippen molar-refractivity contribution < 1.29 is 4.79 Å². The fourth-order valence-electron chi connectivity index (χ4n) is 11.9. The number of allylic oxidation sites excluding steroid dienone is 4. The van der Waals surface area contributed by atoms with Gasteiger partial charge in [0.15, 0.2) is 0 Å². The van der Waals surface area contributed by atoms with Crippen LogP contribution in [0, 0.1) is 0 Å². The van der Waals surface area contributed by atoms with Crippen molar-refractivity contribution >= 4 is 91.9 Å². The molecule has 278 valence electrons. The number of amides is 1. The molecule has 0 bridgehead atoms. The van der Waals surface area contributed by atoms with Crippen molar-refractivity contribution in [2.45, 2.75) is 126 Å². The first-order valence-corrected chi connectivity index (χ1v) is 23.4. The maximum absolute atomic E-state index is 13.5. The summed E-state index contributed by atoms with van der Waals surface area (Å²) in [5.74, 6) is 0.0702. The van der Waals surface area contributed by atoms with Gasteiger partial charge in [0.2, 0.25) is 0 Å². The Morgan fingerprint density at radius 3 is 1.44 bits per heavy atom. The monoisotopic (exact) mass is 804 g/mol. The number of fused-ring (bicyclic) bond motifs is 9. The van der Waals surface area contributed by atoms with Crippen LogP contribution in [0.4, 0.5) is 0 Å². The number of hydrogen-bond acceptors (Lipinski definition) is 6. The molecule has 0 unspecified atom stereocenters. The van der Waals surface area contributed by atoms with E-state index in [2.05, 4.69) is 60.4 Å². The highest BCUT2D eigenvalue weighted by Gasteiger charge is 2.50. The van der Waals surface area contributed by atoms with Crippen LogP contribution >= 0.6 is 60.2 Å². The minimum absolute atomic E-state index is 0.0240. The Kier molecular flexibility index (Phi) is 8.91. The summed E-state index contributed by atoms with van der Waals surface area (Å²) in [6, 6.07) is 10.6. The summed E-state index contributed by atoms with van der Waals surface area (Å²) in [6.07, 6.45) is 28.2. The summed E-state index contributed by atoms with van der Waals surface area (Å²) in [7, 11) is 0. The number of hydrogen-bond donors (Lipinski definition) is 0. The molecule has 2 aromatic carbocycles. The van der Waals surface area contributed by atoms with Gasteiger partial charge in [-0.15, -0.1) is 0 Å². The van der Waals surface area contributed by atoms with Gasteiger partial charge in [-0.2, -0.15) is 0 Å². The molecule has 3 saturated carbocycles. The average Bonchev–Trinajstić information content (AvgIpc) is 3.89. The van der Waals surface area contributed by atoms with E-state index in [4.69, 9.17) is 36.7 Å². The third kappa shape index (κ3) is 5.11. The summed E-state index contributed by atoms with van der Waals surface area (Å²) in [6.45, 7) is 5.60. The van der Waals surface area contributed by atoms with Gasteiger partial charge in [-0.25, -0.2) is 0 Å². The molecular weight excluding hydrogens is 757 g/mol. The lowest BCUT2D eigenvalue weighted by Crippen LogP contribution is -2.30. The van der Waals surface area contributed by atoms with E-state index in [-0.39, 0.29) is 22.2 Å². The Labute approximate surface area is 345 Å². The molecule has 10 rings (SSSR count). The number of carbonyl (C=O) groups excluding carboxylic acids is 1. The maximum Gasteiger partial charge on any atom is 0.266 e. The lowest BCUT2D eigenvalue weighted by atomic mass is 9.65. The summed E-state index contributed by atoms with van der Waals surface area (Å²) in [5, 5.41) is 0. The molecule has 8 aliphatic rings. The highest BCUT2D eigenvalue weighted by molar-refractivity contribution is 8.27. The van der Waals surface area contributed by atoms with Gasteiger partial charge in [0, 0.05) is 34.2 Å². The topological polar surface area (TPSA) is 23.6 Å². The number of carbonyl (C=O) groups is 1. The van der Waals surface area contributed by atoms with Crippen molar-refractivity contribution in [3.05, 3.63) is 90.8 Å². The summed E-state index contributed by atoms with van der Waals surface area (Å²) in [4.78, 5) is 20.2. The molecule has 2 aliphatic heterocycles. The second kappa shape index (κ2) is 13.4. The largest absolute Gasteiger partial charge is 0.317 e. The third-order valence-electron chi connectivity index (χ3n) is 14.5. The zero-order valence-corrected chi connectivity index (χ0v) is 35.6. The van der Waals surface area contributed by atoms with Crippen LogP contribution in [0.5, 0.6) is 0 Å². The molecule has 5 fully saturated rings. The van der Waals surface area contributed by atoms with Gasteiger partial charge in [0.25, 0.3) is 5.91 Å². The van der Waals surface area contributed by atoms with E-state index in [1.807, 2.05) is 6.92 Å². The smallest absolute Gasteiger partial charge is 0.266 e. The number of thiocarbonyl (C=S) groups is 3. The van der Waals surface area contributed by atoms with Gasteiger partial charge in [-0.1, -0.05) is 130 Å². The van der Waals surface area contributed by atoms with Crippen LogP contribution < -0.4 is 0 Å². The summed E-state index contributed by atoms with van der Waals surface area (Å²) < 4.78 is 1.57. The van der Waals surface area contributed by atoms with Gasteiger partial charge >= 0.3 is 0 Å². The van der Waals surface area contributed by atoms with Crippen molar-refractivity contribution in [3.8, 4) is 11.1 Å². The van der Waals surface area contributed by atoms with Gasteiger partial charge in [0.05, 0.1) is 4.91 Å². The number of nitrogens with zero attached hydrogens (tertiary/aromatic N) is 2. The number of benzene rings is 2. The Morgan fingerprint density at radius 2 is 1.00 bits per heavy atom. The van der Waals surface area contributed by atoms with Crippen LogP contribution in [0.3, 0.4) is 0 Å². The van der Waals surface area contributed by atoms with E-state index in [1.54, 1.807) is 33.4 Å². The van der Waals surface area contributed by atoms with Gasteiger partial charge in [0.1, 0.15) is 13.6 Å². The van der Waals surface area contributed by atoms with Crippen molar-refractivity contribution in [2.75, 3.05) is 13.1 Å². The molecule has 0 N–H and O–H groups in total. The first-order valence-electron chi connectivity index (χ1n) is 20.6. The molecule has 2 heterocycles. The highest BCUT2D eigenvalue weighted by Crippen LogP contribution is 2.62. The lowest BCUT2D eigenvalue weighted by Gasteiger charge is -2.38. The Hall–Kier alpha value is -2.36. The Bertz CT molecular complexity index is 2040. The van der Waals surface area contributed by atoms with Gasteiger partial charge in [-0.05, 0) is 144 Å². The van der Waals surface area contributed by atoms with Crippen LogP contribution in [0.1, 0.15) is 144 Å². The zero-order valence-electron chi connectivity index (χ0n) is 31.5. The molecule has 6 aliphatic carbocycles. The first kappa shape index (κ1) is 36.0. The second-order valence-corrected chi connectivity index (χ2v) is 20.7. The molecule has 1 amide bonds. The lowest BCUT2D eigenvalue weighted by molar-refractivity contribution is -0.122. The van der Waals surface area contributed by atoms with E-state index in [0.717, 1.165) is 38.5 Å². The van der Waals surface area contributed by atoms with E-state index in [1.165, 1.54) is 134 Å². The van der Waals surface area contributed by atoms with Crippen LogP contribution in [-0.4, -0.2) is 42.4 Å². The van der Waals surface area contributed by atoms with E-state index in [9.17, 15) is 4.79 Å². The van der Waals surface area contributed by atoms with Crippen LogP contribution in [-0.2, 0) is 21.0 Å². The predicted molar refractivity (Wildman–Crippen MR) is 240 cm³/mol. The molecule has 8 heteroatoms. The maximum atomic E-state index is 13.5. The molecule has 0 radical (unpaired) electrons. The fourth-order valence-corrected chi connectivity index (χ4v) is 15.2. The van der Waals surface area contributed by atoms with Gasteiger partial charge in [-0.3, -0.25) is 9.69 Å². The highest BCUT2D eigenvalue weighted by atomic mass is 32.2. The quantitative estimate of drug-likeness (QED) is 0.224. The number of likely N-dealkylation sites (N-methyl/N-ethyl adjacent to an activating group) is 2. The van der Waals surface area contributed by atoms with Crippen molar-refractivity contribution in [1.82, 2.24) is 9.80 Å². The number of thioether (sulfide) groups is 2. The van der Waals surface area contributed by atoms with Crippen molar-refractivity contribution in [3.63, 3.8) is 0 Å². The average molecular weight is 805 g/mol. The van der Waals surface area contributed by atoms with Crippen molar-refractivity contribution in [2.24, 2.45) is 0 Å². The normalized spacial score (nSPS) is 26.0. The van der Waals surface area contributed by atoms with E-state index >= 15 is 0 Å². The molecule has 2 aromatic rings. The van der Waals surface area contributed by atoms with Gasteiger partial charge < -0.3 is 4.90 Å². The number of rotatable bonds is 4. The van der Waals surface area contributed by atoms with Crippen LogP contribution in [0.25, 0.3) is 23.3 Å². The zero-order chi connectivity index (χ0) is 37.0. The minimum Gasteiger partial charge on any atom is -0.317 e. The SMILES string of the molecule is CCN1C(=O)/C(=C/C2=Cc3cc4c(cc3C23CCCCC3)-c2cc3c(cc2C42CCCCC2)C=C(/C=C2\SC(=S)N(CC)C2=S)C32CCCCC2)SC1=S. The van der Waals surface area contributed by atoms with Crippen LogP contribution in [0.2, 0.25) is 0 Å². The second-order valence-electron chi connectivity index (χ2n) is 16.9.